The Hall–Kier alpha value is -1.87. The predicted octanol–water partition coefficient (Wildman–Crippen LogP) is 3.00. The number of benzene rings is 1. The maximum atomic E-state index is 6.06. The van der Waals surface area contributed by atoms with Crippen molar-refractivity contribution in [2.75, 3.05) is 0 Å². The molecule has 0 aliphatic heterocycles. The lowest BCUT2D eigenvalue weighted by molar-refractivity contribution is 0.175. The number of aryl methyl sites for hydroxylation is 1. The summed E-state index contributed by atoms with van der Waals surface area (Å²) in [5.74, 6) is 0.671. The van der Waals surface area contributed by atoms with E-state index in [1.54, 1.807) is 6.20 Å². The molecule has 98 valence electrons. The molecule has 3 nitrogen and oxygen atoms in total. The van der Waals surface area contributed by atoms with Crippen molar-refractivity contribution in [3.63, 3.8) is 0 Å². The van der Waals surface area contributed by atoms with Crippen molar-refractivity contribution < 1.29 is 4.74 Å². The van der Waals surface area contributed by atoms with Gasteiger partial charge in [-0.05, 0) is 42.0 Å². The molecule has 1 aromatic heterocycles. The van der Waals surface area contributed by atoms with Crippen molar-refractivity contribution in [3.8, 4) is 5.88 Å². The van der Waals surface area contributed by atoms with Crippen molar-refractivity contribution in [3.05, 3.63) is 59.3 Å². The SMILES string of the molecule is NCc1ccnc(OC2CCCc3ccccc32)c1. The fourth-order valence-corrected chi connectivity index (χ4v) is 2.62. The minimum atomic E-state index is 0.116. The van der Waals surface area contributed by atoms with Crippen LogP contribution < -0.4 is 10.5 Å². The van der Waals surface area contributed by atoms with Crippen LogP contribution in [0.3, 0.4) is 0 Å². The highest BCUT2D eigenvalue weighted by Gasteiger charge is 2.21. The molecule has 1 unspecified atom stereocenters. The van der Waals surface area contributed by atoms with Crippen molar-refractivity contribution in [2.24, 2.45) is 5.73 Å². The van der Waals surface area contributed by atoms with E-state index in [2.05, 4.69) is 29.2 Å². The van der Waals surface area contributed by atoms with Gasteiger partial charge in [-0.2, -0.15) is 0 Å². The van der Waals surface area contributed by atoms with Gasteiger partial charge in [0.25, 0.3) is 0 Å². The Bertz CT molecular complexity index is 568. The van der Waals surface area contributed by atoms with Crippen molar-refractivity contribution >= 4 is 0 Å². The third-order valence-corrected chi connectivity index (χ3v) is 3.61. The molecule has 1 aromatic carbocycles. The van der Waals surface area contributed by atoms with Gasteiger partial charge < -0.3 is 10.5 Å². The molecule has 0 saturated heterocycles. The lowest BCUT2D eigenvalue weighted by atomic mass is 9.89. The first-order valence-corrected chi connectivity index (χ1v) is 6.76. The van der Waals surface area contributed by atoms with Gasteiger partial charge in [0.2, 0.25) is 5.88 Å². The van der Waals surface area contributed by atoms with Crippen molar-refractivity contribution in [1.82, 2.24) is 4.98 Å². The number of nitrogens with two attached hydrogens (primary N) is 1. The van der Waals surface area contributed by atoms with Crippen molar-refractivity contribution in [2.45, 2.75) is 31.9 Å². The molecule has 0 spiro atoms. The van der Waals surface area contributed by atoms with Crippen LogP contribution in [0.2, 0.25) is 0 Å². The number of hydrogen-bond acceptors (Lipinski definition) is 3. The fraction of sp³-hybridized carbons (Fsp3) is 0.312. The van der Waals surface area contributed by atoms with Crippen LogP contribution in [0, 0.1) is 0 Å². The van der Waals surface area contributed by atoms with Gasteiger partial charge in [0, 0.05) is 18.8 Å². The molecule has 3 rings (SSSR count). The van der Waals surface area contributed by atoms with E-state index in [9.17, 15) is 0 Å². The van der Waals surface area contributed by atoms with E-state index in [-0.39, 0.29) is 6.10 Å². The average molecular weight is 254 g/mol. The van der Waals surface area contributed by atoms with Crippen molar-refractivity contribution in [1.29, 1.82) is 0 Å². The molecule has 0 radical (unpaired) electrons. The molecule has 0 amide bonds. The highest BCUT2D eigenvalue weighted by Crippen LogP contribution is 2.32. The Morgan fingerprint density at radius 2 is 2.16 bits per heavy atom. The van der Waals surface area contributed by atoms with E-state index < -0.39 is 0 Å². The second kappa shape index (κ2) is 5.41. The maximum Gasteiger partial charge on any atom is 0.214 e. The van der Waals surface area contributed by atoms with Gasteiger partial charge in [-0.15, -0.1) is 0 Å². The molecule has 0 fully saturated rings. The number of fused-ring (bicyclic) bond motifs is 1. The van der Waals surface area contributed by atoms with E-state index in [1.165, 1.54) is 11.1 Å². The Morgan fingerprint density at radius 1 is 1.26 bits per heavy atom. The highest BCUT2D eigenvalue weighted by molar-refractivity contribution is 5.32. The number of rotatable bonds is 3. The second-order valence-electron chi connectivity index (χ2n) is 4.90. The smallest absolute Gasteiger partial charge is 0.214 e. The van der Waals surface area contributed by atoms with Crippen LogP contribution in [0.15, 0.2) is 42.6 Å². The van der Waals surface area contributed by atoms with Gasteiger partial charge in [0.1, 0.15) is 6.10 Å². The quantitative estimate of drug-likeness (QED) is 0.916. The molecule has 1 heterocycles. The van der Waals surface area contributed by atoms with E-state index in [0.29, 0.717) is 12.4 Å². The summed E-state index contributed by atoms with van der Waals surface area (Å²) < 4.78 is 6.06. The van der Waals surface area contributed by atoms with Gasteiger partial charge in [-0.3, -0.25) is 0 Å². The van der Waals surface area contributed by atoms with Crippen LogP contribution in [-0.2, 0) is 13.0 Å². The molecule has 19 heavy (non-hydrogen) atoms. The summed E-state index contributed by atoms with van der Waals surface area (Å²) in [7, 11) is 0. The average Bonchev–Trinajstić information content (AvgIpc) is 2.48. The molecular formula is C16H18N2O. The summed E-state index contributed by atoms with van der Waals surface area (Å²) in [6.45, 7) is 0.514. The van der Waals surface area contributed by atoms with Crippen LogP contribution in [0.4, 0.5) is 0 Å². The summed E-state index contributed by atoms with van der Waals surface area (Å²) in [5, 5.41) is 0. The molecule has 1 atom stereocenters. The zero-order chi connectivity index (χ0) is 13.1. The molecule has 0 saturated carbocycles. The molecule has 0 bridgehead atoms. The number of pyridine rings is 1. The zero-order valence-corrected chi connectivity index (χ0v) is 10.9. The Balaban J connectivity index is 1.84. The maximum absolute atomic E-state index is 6.06. The number of nitrogens with zero attached hydrogens (tertiary/aromatic N) is 1. The molecule has 1 aliphatic carbocycles. The van der Waals surface area contributed by atoms with Crippen LogP contribution in [0.25, 0.3) is 0 Å². The molecule has 2 aromatic rings. The van der Waals surface area contributed by atoms with E-state index in [1.807, 2.05) is 12.1 Å². The standard InChI is InChI=1S/C16H18N2O/c17-11-12-8-9-18-16(10-12)19-15-7-3-5-13-4-1-2-6-14(13)15/h1-2,4,6,8-10,15H,3,5,7,11,17H2. The lowest BCUT2D eigenvalue weighted by Crippen LogP contribution is -2.15. The highest BCUT2D eigenvalue weighted by atomic mass is 16.5. The van der Waals surface area contributed by atoms with E-state index >= 15 is 0 Å². The monoisotopic (exact) mass is 254 g/mol. The van der Waals surface area contributed by atoms with Gasteiger partial charge in [0.05, 0.1) is 0 Å². The van der Waals surface area contributed by atoms with Gasteiger partial charge in [-0.25, -0.2) is 4.98 Å². The summed E-state index contributed by atoms with van der Waals surface area (Å²) in [6.07, 6.45) is 5.23. The first-order valence-electron chi connectivity index (χ1n) is 6.76. The van der Waals surface area contributed by atoms with Crippen LogP contribution in [0.1, 0.15) is 35.6 Å². The minimum Gasteiger partial charge on any atom is -0.469 e. The van der Waals surface area contributed by atoms with Crippen LogP contribution in [-0.4, -0.2) is 4.98 Å². The predicted molar refractivity (Wildman–Crippen MR) is 74.9 cm³/mol. The Kier molecular flexibility index (Phi) is 3.47. The second-order valence-corrected chi connectivity index (χ2v) is 4.90. The van der Waals surface area contributed by atoms with E-state index in [4.69, 9.17) is 10.5 Å². The Morgan fingerprint density at radius 3 is 3.05 bits per heavy atom. The number of hydrogen-bond donors (Lipinski definition) is 1. The summed E-state index contributed by atoms with van der Waals surface area (Å²) in [5.41, 5.74) is 9.39. The summed E-state index contributed by atoms with van der Waals surface area (Å²) >= 11 is 0. The summed E-state index contributed by atoms with van der Waals surface area (Å²) in [6, 6.07) is 12.4. The summed E-state index contributed by atoms with van der Waals surface area (Å²) in [4.78, 5) is 4.28. The van der Waals surface area contributed by atoms with Crippen LogP contribution >= 0.6 is 0 Å². The molecule has 3 heteroatoms. The van der Waals surface area contributed by atoms with Crippen LogP contribution in [0.5, 0.6) is 5.88 Å². The third kappa shape index (κ3) is 2.61. The fourth-order valence-electron chi connectivity index (χ4n) is 2.62. The third-order valence-electron chi connectivity index (χ3n) is 3.61. The minimum absolute atomic E-state index is 0.116. The normalized spacial score (nSPS) is 17.8. The van der Waals surface area contributed by atoms with Gasteiger partial charge >= 0.3 is 0 Å². The number of ether oxygens (including phenoxy) is 1. The lowest BCUT2D eigenvalue weighted by Gasteiger charge is -2.25. The van der Waals surface area contributed by atoms with Gasteiger partial charge in [0.15, 0.2) is 0 Å². The topological polar surface area (TPSA) is 48.1 Å². The Labute approximate surface area is 113 Å². The largest absolute Gasteiger partial charge is 0.469 e. The molecular weight excluding hydrogens is 236 g/mol. The van der Waals surface area contributed by atoms with E-state index in [0.717, 1.165) is 24.8 Å². The first kappa shape index (κ1) is 12.2. The van der Waals surface area contributed by atoms with Gasteiger partial charge in [-0.1, -0.05) is 24.3 Å². The molecule has 2 N–H and O–H groups in total. The number of aromatic nitrogens is 1. The zero-order valence-electron chi connectivity index (χ0n) is 10.9. The molecule has 1 aliphatic rings. The first-order chi connectivity index (χ1) is 9.36.